The molecule has 1 amide bonds. The lowest BCUT2D eigenvalue weighted by Gasteiger charge is -2.29. The molecule has 4 nitrogen and oxygen atoms in total. The number of hydrogen-bond donors (Lipinski definition) is 2. The second kappa shape index (κ2) is 7.10. The highest BCUT2D eigenvalue weighted by molar-refractivity contribution is 6.35. The molecule has 2 N–H and O–H groups in total. The monoisotopic (exact) mass is 305 g/mol. The van der Waals surface area contributed by atoms with Crippen molar-refractivity contribution >= 4 is 29.1 Å². The molecule has 0 spiro atoms. The minimum atomic E-state index is -0.660. The number of nitrogens with one attached hydrogen (secondary N) is 1. The molecule has 106 valence electrons. The van der Waals surface area contributed by atoms with Crippen LogP contribution in [0.15, 0.2) is 18.2 Å². The molecule has 0 fully saturated rings. The van der Waals surface area contributed by atoms with Gasteiger partial charge in [0.25, 0.3) is 5.91 Å². The van der Waals surface area contributed by atoms with E-state index in [1.165, 1.54) is 13.2 Å². The predicted octanol–water partition coefficient (Wildman–Crippen LogP) is 2.51. The molecule has 6 heteroatoms. The molecule has 0 saturated heterocycles. The number of benzene rings is 1. The van der Waals surface area contributed by atoms with E-state index in [0.717, 1.165) is 0 Å². The third kappa shape index (κ3) is 4.66. The fourth-order valence-electron chi connectivity index (χ4n) is 1.75. The van der Waals surface area contributed by atoms with Gasteiger partial charge in [-0.1, -0.05) is 23.2 Å². The molecule has 0 aliphatic carbocycles. The number of aliphatic hydroxyl groups is 1. The summed E-state index contributed by atoms with van der Waals surface area (Å²) in [5.41, 5.74) is -0.360. The molecule has 0 aliphatic rings. The summed E-state index contributed by atoms with van der Waals surface area (Å²) in [5, 5.41) is 12.6. The van der Waals surface area contributed by atoms with Crippen LogP contribution in [0.5, 0.6) is 0 Å². The number of carbonyl (C=O) groups excluding carboxylic acids is 1. The van der Waals surface area contributed by atoms with Crippen LogP contribution >= 0.6 is 23.2 Å². The zero-order chi connectivity index (χ0) is 14.5. The number of hydrogen-bond acceptors (Lipinski definition) is 3. The third-order valence-electron chi connectivity index (χ3n) is 2.71. The summed E-state index contributed by atoms with van der Waals surface area (Å²) in [6.45, 7) is 2.03. The van der Waals surface area contributed by atoms with E-state index in [1.54, 1.807) is 19.1 Å². The molecule has 0 aliphatic heterocycles. The number of methoxy groups -OCH3 is 1. The summed E-state index contributed by atoms with van der Waals surface area (Å²) in [7, 11) is 1.54. The summed E-state index contributed by atoms with van der Waals surface area (Å²) in [6.07, 6.45) is 0.380. The maximum atomic E-state index is 12.2. The number of halogens is 2. The topological polar surface area (TPSA) is 58.6 Å². The van der Waals surface area contributed by atoms with Gasteiger partial charge in [0.15, 0.2) is 0 Å². The molecule has 0 aromatic heterocycles. The summed E-state index contributed by atoms with van der Waals surface area (Å²) >= 11 is 11.8. The Kier molecular flexibility index (Phi) is 6.07. The van der Waals surface area contributed by atoms with Gasteiger partial charge in [0.05, 0.1) is 22.7 Å². The molecule has 0 bridgehead atoms. The van der Waals surface area contributed by atoms with Crippen molar-refractivity contribution in [1.29, 1.82) is 0 Å². The lowest BCUT2D eigenvalue weighted by atomic mass is 9.98. The van der Waals surface area contributed by atoms with E-state index in [4.69, 9.17) is 33.0 Å². The van der Waals surface area contributed by atoms with Crippen LogP contribution in [0.1, 0.15) is 23.7 Å². The minimum absolute atomic E-state index is 0.0522. The van der Waals surface area contributed by atoms with E-state index in [0.29, 0.717) is 22.0 Å². The van der Waals surface area contributed by atoms with Crippen molar-refractivity contribution in [3.63, 3.8) is 0 Å². The van der Waals surface area contributed by atoms with Gasteiger partial charge in [0, 0.05) is 18.7 Å². The van der Waals surface area contributed by atoms with Crippen LogP contribution in [-0.4, -0.2) is 36.9 Å². The molecule has 1 unspecified atom stereocenters. The smallest absolute Gasteiger partial charge is 0.253 e. The Morgan fingerprint density at radius 2 is 2.16 bits per heavy atom. The Morgan fingerprint density at radius 1 is 1.47 bits per heavy atom. The van der Waals surface area contributed by atoms with Gasteiger partial charge in [-0.15, -0.1) is 0 Å². The largest absolute Gasteiger partial charge is 0.396 e. The molecule has 0 radical (unpaired) electrons. The zero-order valence-corrected chi connectivity index (χ0v) is 12.4. The fourth-order valence-corrected chi connectivity index (χ4v) is 2.12. The first-order valence-corrected chi connectivity index (χ1v) is 6.55. The van der Waals surface area contributed by atoms with Gasteiger partial charge < -0.3 is 15.2 Å². The number of carbonyl (C=O) groups is 1. The van der Waals surface area contributed by atoms with Crippen molar-refractivity contribution in [3.8, 4) is 0 Å². The van der Waals surface area contributed by atoms with E-state index < -0.39 is 5.54 Å². The maximum Gasteiger partial charge on any atom is 0.253 e. The number of ether oxygens (including phenoxy) is 1. The van der Waals surface area contributed by atoms with E-state index in [-0.39, 0.29) is 19.1 Å². The highest BCUT2D eigenvalue weighted by Gasteiger charge is 2.27. The molecule has 1 rings (SSSR count). The quantitative estimate of drug-likeness (QED) is 0.849. The van der Waals surface area contributed by atoms with Crippen LogP contribution in [-0.2, 0) is 4.74 Å². The third-order valence-corrected chi connectivity index (χ3v) is 3.28. The Morgan fingerprint density at radius 3 is 2.74 bits per heavy atom. The Labute approximate surface area is 122 Å². The molecular weight excluding hydrogens is 289 g/mol. The predicted molar refractivity (Wildman–Crippen MR) is 75.9 cm³/mol. The Balaban J connectivity index is 2.90. The van der Waals surface area contributed by atoms with E-state index in [1.807, 2.05) is 0 Å². The Hall–Kier alpha value is -0.810. The summed E-state index contributed by atoms with van der Waals surface area (Å²) < 4.78 is 5.07. The van der Waals surface area contributed by atoms with E-state index in [2.05, 4.69) is 5.32 Å². The van der Waals surface area contributed by atoms with Crippen LogP contribution in [0, 0.1) is 0 Å². The maximum absolute atomic E-state index is 12.2. The van der Waals surface area contributed by atoms with Gasteiger partial charge in [0.2, 0.25) is 0 Å². The average molecular weight is 306 g/mol. The number of rotatable bonds is 6. The summed E-state index contributed by atoms with van der Waals surface area (Å²) in [6, 6.07) is 4.69. The average Bonchev–Trinajstić information content (AvgIpc) is 2.32. The van der Waals surface area contributed by atoms with Gasteiger partial charge in [0.1, 0.15) is 0 Å². The molecule has 0 heterocycles. The first-order valence-electron chi connectivity index (χ1n) is 5.79. The number of aliphatic hydroxyl groups excluding tert-OH is 1. The molecule has 0 saturated carbocycles. The van der Waals surface area contributed by atoms with E-state index in [9.17, 15) is 4.79 Å². The molecule has 19 heavy (non-hydrogen) atoms. The van der Waals surface area contributed by atoms with Gasteiger partial charge in [-0.3, -0.25) is 4.79 Å². The van der Waals surface area contributed by atoms with Gasteiger partial charge in [-0.05, 0) is 31.5 Å². The van der Waals surface area contributed by atoms with Crippen molar-refractivity contribution in [1.82, 2.24) is 5.32 Å². The standard InChI is InChI=1S/C13H17Cl2NO3/c1-13(5-6-17,8-19-2)16-12(18)10-7-9(14)3-4-11(10)15/h3-4,7,17H,5-6,8H2,1-2H3,(H,16,18). The van der Waals surface area contributed by atoms with Crippen LogP contribution in [0.4, 0.5) is 0 Å². The molecular formula is C13H17Cl2NO3. The summed E-state index contributed by atoms with van der Waals surface area (Å²) in [4.78, 5) is 12.2. The number of amides is 1. The molecule has 1 aromatic carbocycles. The van der Waals surface area contributed by atoms with Gasteiger partial charge in [-0.25, -0.2) is 0 Å². The fraction of sp³-hybridized carbons (Fsp3) is 0.462. The summed E-state index contributed by atoms with van der Waals surface area (Å²) in [5.74, 6) is -0.347. The lowest BCUT2D eigenvalue weighted by molar-refractivity contribution is 0.0726. The second-order valence-corrected chi connectivity index (χ2v) is 5.39. The van der Waals surface area contributed by atoms with Crippen LogP contribution in [0.25, 0.3) is 0 Å². The molecule has 1 aromatic rings. The van der Waals surface area contributed by atoms with Crippen molar-refractivity contribution in [2.45, 2.75) is 18.9 Å². The second-order valence-electron chi connectivity index (χ2n) is 4.55. The SMILES string of the molecule is COCC(C)(CCO)NC(=O)c1cc(Cl)ccc1Cl. The highest BCUT2D eigenvalue weighted by Crippen LogP contribution is 2.21. The highest BCUT2D eigenvalue weighted by atomic mass is 35.5. The normalized spacial score (nSPS) is 13.9. The van der Waals surface area contributed by atoms with Crippen molar-refractivity contribution in [3.05, 3.63) is 33.8 Å². The van der Waals surface area contributed by atoms with E-state index >= 15 is 0 Å². The van der Waals surface area contributed by atoms with Crippen LogP contribution in [0.3, 0.4) is 0 Å². The zero-order valence-electron chi connectivity index (χ0n) is 10.9. The van der Waals surface area contributed by atoms with Crippen molar-refractivity contribution < 1.29 is 14.6 Å². The lowest BCUT2D eigenvalue weighted by Crippen LogP contribution is -2.50. The van der Waals surface area contributed by atoms with Crippen LogP contribution < -0.4 is 5.32 Å². The minimum Gasteiger partial charge on any atom is -0.396 e. The molecule has 1 atom stereocenters. The van der Waals surface area contributed by atoms with Crippen molar-refractivity contribution in [2.24, 2.45) is 0 Å². The first kappa shape index (κ1) is 16.2. The van der Waals surface area contributed by atoms with Gasteiger partial charge in [-0.2, -0.15) is 0 Å². The Bertz CT molecular complexity index is 446. The van der Waals surface area contributed by atoms with Crippen LogP contribution in [0.2, 0.25) is 10.0 Å². The van der Waals surface area contributed by atoms with Gasteiger partial charge >= 0.3 is 0 Å². The van der Waals surface area contributed by atoms with Crippen molar-refractivity contribution in [2.75, 3.05) is 20.3 Å². The first-order chi connectivity index (χ1) is 8.91.